The summed E-state index contributed by atoms with van der Waals surface area (Å²) in [5, 5.41) is 13.8. The summed E-state index contributed by atoms with van der Waals surface area (Å²) in [7, 11) is 1.66. The van der Waals surface area contributed by atoms with Crippen LogP contribution >= 0.6 is 0 Å². The van der Waals surface area contributed by atoms with Gasteiger partial charge in [0.15, 0.2) is 0 Å². The molecule has 0 bridgehead atoms. The van der Waals surface area contributed by atoms with Crippen LogP contribution in [0.3, 0.4) is 0 Å². The molecule has 0 aliphatic rings. The van der Waals surface area contributed by atoms with Crippen molar-refractivity contribution in [2.75, 3.05) is 7.11 Å². The molecule has 3 atom stereocenters. The Bertz CT molecular complexity index is 539. The zero-order valence-corrected chi connectivity index (χ0v) is 12.8. The van der Waals surface area contributed by atoms with Gasteiger partial charge in [-0.1, -0.05) is 42.5 Å². The summed E-state index contributed by atoms with van der Waals surface area (Å²) in [5.41, 5.74) is 2.10. The SMILES string of the molecule is COc1ccc([C@H](C)N[C@H](C)[C@@H](O)c2ccccc2)cc1. The first-order valence-corrected chi connectivity index (χ1v) is 7.25. The fourth-order valence-corrected chi connectivity index (χ4v) is 2.41. The third kappa shape index (κ3) is 4.06. The fraction of sp³-hybridized carbons (Fsp3) is 0.333. The standard InChI is InChI=1S/C18H23NO2/c1-13(15-9-11-17(21-3)12-10-15)19-14(2)18(20)16-7-5-4-6-8-16/h4-14,18-20H,1-3H3/t13-,14+,18+/m0/s1. The summed E-state index contributed by atoms with van der Waals surface area (Å²) < 4.78 is 5.17. The second-order valence-corrected chi connectivity index (χ2v) is 5.31. The molecule has 2 aromatic carbocycles. The summed E-state index contributed by atoms with van der Waals surface area (Å²) in [6.07, 6.45) is -0.521. The Balaban J connectivity index is 1.99. The van der Waals surface area contributed by atoms with Gasteiger partial charge < -0.3 is 15.2 Å². The quantitative estimate of drug-likeness (QED) is 0.854. The predicted molar refractivity (Wildman–Crippen MR) is 85.4 cm³/mol. The molecule has 0 aliphatic carbocycles. The molecule has 21 heavy (non-hydrogen) atoms. The monoisotopic (exact) mass is 285 g/mol. The lowest BCUT2D eigenvalue weighted by atomic mass is 10.0. The van der Waals surface area contributed by atoms with Crippen molar-refractivity contribution < 1.29 is 9.84 Å². The highest BCUT2D eigenvalue weighted by Crippen LogP contribution is 2.21. The third-order valence-electron chi connectivity index (χ3n) is 3.74. The van der Waals surface area contributed by atoms with E-state index in [9.17, 15) is 5.11 Å². The number of aliphatic hydroxyl groups excluding tert-OH is 1. The van der Waals surface area contributed by atoms with Gasteiger partial charge in [0.1, 0.15) is 5.75 Å². The largest absolute Gasteiger partial charge is 0.497 e. The molecule has 112 valence electrons. The normalized spacial score (nSPS) is 15.2. The maximum Gasteiger partial charge on any atom is 0.118 e. The van der Waals surface area contributed by atoms with Crippen molar-refractivity contribution in [2.45, 2.75) is 32.0 Å². The molecule has 0 amide bonds. The number of rotatable bonds is 6. The van der Waals surface area contributed by atoms with Crippen molar-refractivity contribution >= 4 is 0 Å². The minimum absolute atomic E-state index is 0.0375. The Hall–Kier alpha value is -1.84. The van der Waals surface area contributed by atoms with E-state index < -0.39 is 6.10 Å². The molecule has 0 spiro atoms. The van der Waals surface area contributed by atoms with Gasteiger partial charge in [-0.05, 0) is 37.1 Å². The summed E-state index contributed by atoms with van der Waals surface area (Å²) >= 11 is 0. The molecule has 0 aliphatic heterocycles. The molecule has 0 fully saturated rings. The van der Waals surface area contributed by atoms with Crippen LogP contribution in [0.2, 0.25) is 0 Å². The summed E-state index contributed by atoms with van der Waals surface area (Å²) in [6.45, 7) is 4.09. The zero-order chi connectivity index (χ0) is 15.2. The molecule has 0 saturated heterocycles. The van der Waals surface area contributed by atoms with Gasteiger partial charge in [0.05, 0.1) is 13.2 Å². The van der Waals surface area contributed by atoms with Crippen LogP contribution in [0.15, 0.2) is 54.6 Å². The number of ether oxygens (including phenoxy) is 1. The van der Waals surface area contributed by atoms with Crippen molar-refractivity contribution in [1.29, 1.82) is 0 Å². The van der Waals surface area contributed by atoms with Crippen LogP contribution < -0.4 is 10.1 Å². The molecule has 3 heteroatoms. The average molecular weight is 285 g/mol. The van der Waals surface area contributed by atoms with Crippen molar-refractivity contribution in [2.24, 2.45) is 0 Å². The molecule has 2 aromatic rings. The van der Waals surface area contributed by atoms with Gasteiger partial charge >= 0.3 is 0 Å². The van der Waals surface area contributed by atoms with Crippen molar-refractivity contribution in [1.82, 2.24) is 5.32 Å². The summed E-state index contributed by atoms with van der Waals surface area (Å²) in [5.74, 6) is 0.850. The molecule has 2 rings (SSSR count). The molecule has 0 unspecified atom stereocenters. The van der Waals surface area contributed by atoms with Gasteiger partial charge in [0.25, 0.3) is 0 Å². The van der Waals surface area contributed by atoms with E-state index in [-0.39, 0.29) is 12.1 Å². The van der Waals surface area contributed by atoms with Crippen LogP contribution in [0, 0.1) is 0 Å². The van der Waals surface area contributed by atoms with E-state index in [1.807, 2.05) is 61.5 Å². The Kier molecular flexibility index (Phi) is 5.37. The van der Waals surface area contributed by atoms with E-state index in [4.69, 9.17) is 4.74 Å². The smallest absolute Gasteiger partial charge is 0.118 e. The minimum Gasteiger partial charge on any atom is -0.497 e. The maximum absolute atomic E-state index is 10.4. The number of methoxy groups -OCH3 is 1. The van der Waals surface area contributed by atoms with Crippen LogP contribution in [0.4, 0.5) is 0 Å². The number of aliphatic hydroxyl groups is 1. The molecular formula is C18H23NO2. The van der Waals surface area contributed by atoms with Gasteiger partial charge in [0, 0.05) is 12.1 Å². The Labute approximate surface area is 126 Å². The van der Waals surface area contributed by atoms with Crippen molar-refractivity contribution in [3.63, 3.8) is 0 Å². The first-order chi connectivity index (χ1) is 10.1. The van der Waals surface area contributed by atoms with Gasteiger partial charge in [-0.3, -0.25) is 0 Å². The van der Waals surface area contributed by atoms with Gasteiger partial charge in [-0.2, -0.15) is 0 Å². The van der Waals surface area contributed by atoms with Gasteiger partial charge in [-0.25, -0.2) is 0 Å². The number of hydrogen-bond acceptors (Lipinski definition) is 3. The fourth-order valence-electron chi connectivity index (χ4n) is 2.41. The van der Waals surface area contributed by atoms with E-state index >= 15 is 0 Å². The first kappa shape index (κ1) is 15.5. The number of nitrogens with one attached hydrogen (secondary N) is 1. The van der Waals surface area contributed by atoms with E-state index in [2.05, 4.69) is 12.2 Å². The Morgan fingerprint density at radius 1 is 0.905 bits per heavy atom. The van der Waals surface area contributed by atoms with E-state index in [0.717, 1.165) is 11.3 Å². The molecule has 0 radical (unpaired) electrons. The molecule has 3 nitrogen and oxygen atoms in total. The van der Waals surface area contributed by atoms with E-state index in [0.29, 0.717) is 0 Å². The molecule has 0 aromatic heterocycles. The first-order valence-electron chi connectivity index (χ1n) is 7.25. The Morgan fingerprint density at radius 3 is 2.10 bits per heavy atom. The van der Waals surface area contributed by atoms with Crippen molar-refractivity contribution in [3.8, 4) is 5.75 Å². The molecule has 0 saturated carbocycles. The maximum atomic E-state index is 10.4. The number of hydrogen-bond donors (Lipinski definition) is 2. The Morgan fingerprint density at radius 2 is 1.52 bits per heavy atom. The summed E-state index contributed by atoms with van der Waals surface area (Å²) in [4.78, 5) is 0. The second kappa shape index (κ2) is 7.25. The lowest BCUT2D eigenvalue weighted by Crippen LogP contribution is -2.34. The van der Waals surface area contributed by atoms with E-state index in [1.54, 1.807) is 7.11 Å². The molecule has 2 N–H and O–H groups in total. The van der Waals surface area contributed by atoms with E-state index in [1.165, 1.54) is 5.56 Å². The topological polar surface area (TPSA) is 41.5 Å². The highest BCUT2D eigenvalue weighted by molar-refractivity contribution is 5.29. The minimum atomic E-state index is -0.521. The van der Waals surface area contributed by atoms with Gasteiger partial charge in [-0.15, -0.1) is 0 Å². The zero-order valence-electron chi connectivity index (χ0n) is 12.8. The van der Waals surface area contributed by atoms with Crippen LogP contribution in [0.1, 0.15) is 37.1 Å². The lowest BCUT2D eigenvalue weighted by molar-refractivity contribution is 0.130. The van der Waals surface area contributed by atoms with Crippen molar-refractivity contribution in [3.05, 3.63) is 65.7 Å². The molecular weight excluding hydrogens is 262 g/mol. The third-order valence-corrected chi connectivity index (χ3v) is 3.74. The van der Waals surface area contributed by atoms with Crippen LogP contribution in [-0.4, -0.2) is 18.3 Å². The average Bonchev–Trinajstić information content (AvgIpc) is 2.55. The van der Waals surface area contributed by atoms with Crippen LogP contribution in [0.25, 0.3) is 0 Å². The van der Waals surface area contributed by atoms with Crippen LogP contribution in [-0.2, 0) is 0 Å². The lowest BCUT2D eigenvalue weighted by Gasteiger charge is -2.25. The van der Waals surface area contributed by atoms with Crippen LogP contribution in [0.5, 0.6) is 5.75 Å². The molecule has 0 heterocycles. The summed E-state index contributed by atoms with van der Waals surface area (Å²) in [6, 6.07) is 17.8. The highest BCUT2D eigenvalue weighted by Gasteiger charge is 2.18. The predicted octanol–water partition coefficient (Wildman–Crippen LogP) is 3.47. The number of benzene rings is 2. The van der Waals surface area contributed by atoms with Gasteiger partial charge in [0.2, 0.25) is 0 Å². The second-order valence-electron chi connectivity index (χ2n) is 5.31. The highest BCUT2D eigenvalue weighted by atomic mass is 16.5.